The lowest BCUT2D eigenvalue weighted by Crippen LogP contribution is -2.26. The Hall–Kier alpha value is -1.74. The van der Waals surface area contributed by atoms with Crippen LogP contribution in [0.1, 0.15) is 33.6 Å². The molecule has 1 aliphatic rings. The zero-order chi connectivity index (χ0) is 13.2. The highest BCUT2D eigenvalue weighted by atomic mass is 14.9. The smallest absolute Gasteiger partial charge is 0.115 e. The van der Waals surface area contributed by atoms with E-state index < -0.39 is 0 Å². The second kappa shape index (κ2) is 5.10. The normalized spacial score (nSPS) is 14.2. The van der Waals surface area contributed by atoms with Gasteiger partial charge in [-0.1, -0.05) is 18.2 Å². The summed E-state index contributed by atoms with van der Waals surface area (Å²) in [6.45, 7) is 6.23. The quantitative estimate of drug-likeness (QED) is 0.892. The molecule has 1 aromatic carbocycles. The van der Waals surface area contributed by atoms with E-state index >= 15 is 0 Å². The highest BCUT2D eigenvalue weighted by Crippen LogP contribution is 2.19. The number of benzene rings is 1. The Labute approximate surface area is 114 Å². The van der Waals surface area contributed by atoms with Gasteiger partial charge < -0.3 is 5.32 Å². The summed E-state index contributed by atoms with van der Waals surface area (Å²) < 4.78 is 0. The van der Waals surface area contributed by atoms with Crippen LogP contribution in [-0.4, -0.2) is 16.5 Å². The fourth-order valence-electron chi connectivity index (χ4n) is 2.59. The van der Waals surface area contributed by atoms with Crippen molar-refractivity contribution in [1.82, 2.24) is 15.3 Å². The van der Waals surface area contributed by atoms with Crippen LogP contribution >= 0.6 is 0 Å². The van der Waals surface area contributed by atoms with Crippen molar-refractivity contribution in [1.29, 1.82) is 0 Å². The third-order valence-electron chi connectivity index (χ3n) is 3.91. The summed E-state index contributed by atoms with van der Waals surface area (Å²) in [6, 6.07) is 6.66. The molecule has 0 saturated heterocycles. The molecule has 0 fully saturated rings. The van der Waals surface area contributed by atoms with Gasteiger partial charge in [0.25, 0.3) is 0 Å². The molecule has 2 heterocycles. The van der Waals surface area contributed by atoms with Crippen LogP contribution in [0.4, 0.5) is 0 Å². The molecule has 1 aliphatic heterocycles. The Bertz CT molecular complexity index is 605. The van der Waals surface area contributed by atoms with Crippen LogP contribution in [0.25, 0.3) is 0 Å². The molecule has 2 aromatic rings. The maximum absolute atomic E-state index is 4.49. The lowest BCUT2D eigenvalue weighted by molar-refractivity contribution is 0.618. The number of hydrogen-bond donors (Lipinski definition) is 1. The Kier molecular flexibility index (Phi) is 3.30. The van der Waals surface area contributed by atoms with Gasteiger partial charge in [0.05, 0.1) is 5.69 Å². The zero-order valence-corrected chi connectivity index (χ0v) is 11.5. The molecule has 1 aromatic heterocycles. The first-order valence-electron chi connectivity index (χ1n) is 6.82. The van der Waals surface area contributed by atoms with Crippen molar-refractivity contribution in [3.8, 4) is 0 Å². The largest absolute Gasteiger partial charge is 0.312 e. The van der Waals surface area contributed by atoms with E-state index in [-0.39, 0.29) is 0 Å². The molecule has 0 saturated carbocycles. The number of hydrogen-bond acceptors (Lipinski definition) is 3. The van der Waals surface area contributed by atoms with Crippen LogP contribution in [0.5, 0.6) is 0 Å². The van der Waals surface area contributed by atoms with Gasteiger partial charge in [0.1, 0.15) is 6.33 Å². The minimum Gasteiger partial charge on any atom is -0.312 e. The second-order valence-corrected chi connectivity index (χ2v) is 5.27. The van der Waals surface area contributed by atoms with Gasteiger partial charge in [0, 0.05) is 37.2 Å². The van der Waals surface area contributed by atoms with E-state index in [0.29, 0.717) is 0 Å². The third kappa shape index (κ3) is 2.51. The fourth-order valence-corrected chi connectivity index (χ4v) is 2.59. The summed E-state index contributed by atoms with van der Waals surface area (Å²) in [6.07, 6.45) is 3.62. The van der Waals surface area contributed by atoms with Gasteiger partial charge in [-0.05, 0) is 30.5 Å². The lowest BCUT2D eigenvalue weighted by Gasteiger charge is -2.18. The SMILES string of the molecule is Cc1ccc(Cc2ncnc3c2CNCC3)cc1C. The molecule has 0 aliphatic carbocycles. The maximum atomic E-state index is 4.49. The number of aryl methyl sites for hydroxylation is 2. The molecular weight excluding hydrogens is 234 g/mol. The Morgan fingerprint density at radius 2 is 2.05 bits per heavy atom. The molecule has 0 spiro atoms. The van der Waals surface area contributed by atoms with Crippen LogP contribution in [0.3, 0.4) is 0 Å². The third-order valence-corrected chi connectivity index (χ3v) is 3.91. The van der Waals surface area contributed by atoms with E-state index in [1.165, 1.54) is 33.6 Å². The number of aromatic nitrogens is 2. The predicted molar refractivity (Wildman–Crippen MR) is 76.2 cm³/mol. The highest BCUT2D eigenvalue weighted by molar-refractivity contribution is 5.35. The molecule has 1 N–H and O–H groups in total. The van der Waals surface area contributed by atoms with Crippen LogP contribution < -0.4 is 5.32 Å². The highest BCUT2D eigenvalue weighted by Gasteiger charge is 2.15. The van der Waals surface area contributed by atoms with Crippen molar-refractivity contribution >= 4 is 0 Å². The number of nitrogens with zero attached hydrogens (tertiary/aromatic N) is 2. The molecule has 0 radical (unpaired) electrons. The van der Waals surface area contributed by atoms with Crippen LogP contribution in [0, 0.1) is 13.8 Å². The summed E-state index contributed by atoms with van der Waals surface area (Å²) in [5.41, 5.74) is 7.70. The minimum absolute atomic E-state index is 0.896. The molecule has 0 atom stereocenters. The van der Waals surface area contributed by atoms with Gasteiger partial charge in [0.2, 0.25) is 0 Å². The maximum Gasteiger partial charge on any atom is 0.115 e. The molecule has 3 heteroatoms. The lowest BCUT2D eigenvalue weighted by atomic mass is 9.98. The van der Waals surface area contributed by atoms with Crippen LogP contribution in [0.2, 0.25) is 0 Å². The molecule has 19 heavy (non-hydrogen) atoms. The first-order valence-corrected chi connectivity index (χ1v) is 6.82. The number of fused-ring (bicyclic) bond motifs is 1. The molecule has 98 valence electrons. The van der Waals surface area contributed by atoms with Gasteiger partial charge >= 0.3 is 0 Å². The van der Waals surface area contributed by atoms with Crippen molar-refractivity contribution in [2.45, 2.75) is 33.2 Å². The average molecular weight is 253 g/mol. The van der Waals surface area contributed by atoms with Crippen molar-refractivity contribution in [2.24, 2.45) is 0 Å². The van der Waals surface area contributed by atoms with Gasteiger partial charge in [-0.25, -0.2) is 9.97 Å². The second-order valence-electron chi connectivity index (χ2n) is 5.27. The van der Waals surface area contributed by atoms with Crippen LogP contribution in [-0.2, 0) is 19.4 Å². The van der Waals surface area contributed by atoms with Gasteiger partial charge in [-0.3, -0.25) is 0 Å². The van der Waals surface area contributed by atoms with Gasteiger partial charge in [0.15, 0.2) is 0 Å². The van der Waals surface area contributed by atoms with Crippen molar-refractivity contribution in [3.63, 3.8) is 0 Å². The molecule has 3 rings (SSSR count). The molecule has 3 nitrogen and oxygen atoms in total. The zero-order valence-electron chi connectivity index (χ0n) is 11.5. The summed E-state index contributed by atoms with van der Waals surface area (Å²) in [4.78, 5) is 8.89. The van der Waals surface area contributed by atoms with Gasteiger partial charge in [-0.2, -0.15) is 0 Å². The van der Waals surface area contributed by atoms with Crippen molar-refractivity contribution < 1.29 is 0 Å². The number of rotatable bonds is 2. The van der Waals surface area contributed by atoms with E-state index in [0.717, 1.165) is 25.9 Å². The number of nitrogens with one attached hydrogen (secondary N) is 1. The molecule has 0 amide bonds. The van der Waals surface area contributed by atoms with Crippen molar-refractivity contribution in [3.05, 3.63) is 58.2 Å². The average Bonchev–Trinajstić information content (AvgIpc) is 2.43. The van der Waals surface area contributed by atoms with E-state index in [1.54, 1.807) is 6.33 Å². The van der Waals surface area contributed by atoms with Crippen molar-refractivity contribution in [2.75, 3.05) is 6.54 Å². The summed E-state index contributed by atoms with van der Waals surface area (Å²) in [5, 5.41) is 3.41. The van der Waals surface area contributed by atoms with Crippen LogP contribution in [0.15, 0.2) is 24.5 Å². The Morgan fingerprint density at radius 3 is 2.89 bits per heavy atom. The molecular formula is C16H19N3. The minimum atomic E-state index is 0.896. The van der Waals surface area contributed by atoms with E-state index in [2.05, 4.69) is 47.3 Å². The monoisotopic (exact) mass is 253 g/mol. The summed E-state index contributed by atoms with van der Waals surface area (Å²) in [7, 11) is 0. The van der Waals surface area contributed by atoms with E-state index in [9.17, 15) is 0 Å². The first-order chi connectivity index (χ1) is 9.24. The van der Waals surface area contributed by atoms with E-state index in [4.69, 9.17) is 0 Å². The van der Waals surface area contributed by atoms with E-state index in [1.807, 2.05) is 0 Å². The molecule has 0 unspecified atom stereocenters. The predicted octanol–water partition coefficient (Wildman–Crippen LogP) is 2.33. The molecule has 0 bridgehead atoms. The Balaban J connectivity index is 1.92. The Morgan fingerprint density at radius 1 is 1.16 bits per heavy atom. The topological polar surface area (TPSA) is 37.8 Å². The first kappa shape index (κ1) is 12.3. The van der Waals surface area contributed by atoms with Gasteiger partial charge in [-0.15, -0.1) is 0 Å². The summed E-state index contributed by atoms with van der Waals surface area (Å²) in [5.74, 6) is 0. The fraction of sp³-hybridized carbons (Fsp3) is 0.375. The summed E-state index contributed by atoms with van der Waals surface area (Å²) >= 11 is 0. The standard InChI is InChI=1S/C16H19N3/c1-11-3-4-13(7-12(11)2)8-16-14-9-17-6-5-15(14)18-10-19-16/h3-4,7,10,17H,5-6,8-9H2,1-2H3.